The van der Waals surface area contributed by atoms with Crippen LogP contribution in [-0.4, -0.2) is 6.71 Å². The van der Waals surface area contributed by atoms with Gasteiger partial charge in [-0.3, -0.25) is 0 Å². The van der Waals surface area contributed by atoms with E-state index in [2.05, 4.69) is 206 Å². The number of hydrogen-bond donors (Lipinski definition) is 0. The van der Waals surface area contributed by atoms with Gasteiger partial charge in [0.15, 0.2) is 0 Å². The van der Waals surface area contributed by atoms with E-state index < -0.39 is 0 Å². The lowest BCUT2D eigenvalue weighted by Crippen LogP contribution is -2.62. The fraction of sp³-hybridized carbons (Fsp3) is 0.288. The molecule has 3 nitrogen and oxygen atoms in total. The molecule has 12 rings (SSSR count). The van der Waals surface area contributed by atoms with E-state index in [0.717, 1.165) is 34.0 Å². The Morgan fingerprint density at radius 2 is 1.02 bits per heavy atom. The molecule has 0 saturated heterocycles. The van der Waals surface area contributed by atoms with Gasteiger partial charge in [-0.25, -0.2) is 0 Å². The topological polar surface area (TPSA) is 19.6 Å². The lowest BCUT2D eigenvalue weighted by molar-refractivity contribution is 0.332. The van der Waals surface area contributed by atoms with Gasteiger partial charge < -0.3 is 14.2 Å². The van der Waals surface area contributed by atoms with Gasteiger partial charge in [-0.1, -0.05) is 128 Å². The Labute approximate surface area is 373 Å². The molecule has 0 unspecified atom stereocenters. The molecule has 0 fully saturated rings. The summed E-state index contributed by atoms with van der Waals surface area (Å²) in [5, 5.41) is 2.31. The molecule has 0 radical (unpaired) electrons. The quantitative estimate of drug-likeness (QED) is 0.166. The largest absolute Gasteiger partial charge is 0.456 e. The van der Waals surface area contributed by atoms with E-state index >= 15 is 0 Å². The number of hydrogen-bond acceptors (Lipinski definition) is 3. The summed E-state index contributed by atoms with van der Waals surface area (Å²) in [5.41, 5.74) is 24.7. The Bertz CT molecular complexity index is 3260. The molecule has 0 bridgehead atoms. The molecule has 7 aromatic carbocycles. The molecule has 0 N–H and O–H groups in total. The third kappa shape index (κ3) is 5.46. The summed E-state index contributed by atoms with van der Waals surface area (Å²) in [6.07, 6.45) is 3.45. The van der Waals surface area contributed by atoms with Gasteiger partial charge in [0.1, 0.15) is 11.2 Å². The molecule has 1 aromatic heterocycles. The second-order valence-electron chi connectivity index (χ2n) is 22.1. The van der Waals surface area contributed by atoms with E-state index in [1.165, 1.54) is 102 Å². The SMILES string of the molecule is Cc1cc2c3c(c1)N(c1cccc4oc5ccccc5c14)c1cc4c(cc1B3c1cc3c(cc1N2c1ccc(-c2ccccc2)cc1C)C(C)(C)CCC3(C)C)C(C)(C)CC4(C)C. The number of rotatable bonds is 3. The zero-order valence-electron chi connectivity index (χ0n) is 38.6. The minimum Gasteiger partial charge on any atom is -0.456 e. The smallest absolute Gasteiger partial charge is 0.252 e. The average molecular weight is 821 g/mol. The van der Waals surface area contributed by atoms with Gasteiger partial charge in [0.2, 0.25) is 0 Å². The molecule has 0 atom stereocenters. The van der Waals surface area contributed by atoms with Crippen LogP contribution in [0.15, 0.2) is 132 Å². The van der Waals surface area contributed by atoms with Gasteiger partial charge in [0.05, 0.1) is 11.1 Å². The molecule has 3 heterocycles. The van der Waals surface area contributed by atoms with Crippen molar-refractivity contribution in [3.8, 4) is 11.1 Å². The van der Waals surface area contributed by atoms with Gasteiger partial charge in [-0.15, -0.1) is 0 Å². The molecule has 312 valence electrons. The summed E-state index contributed by atoms with van der Waals surface area (Å²) in [6.45, 7) is 24.4. The molecular formula is C59H57BN2O. The predicted molar refractivity (Wildman–Crippen MR) is 269 cm³/mol. The summed E-state index contributed by atoms with van der Waals surface area (Å²) < 4.78 is 6.63. The monoisotopic (exact) mass is 820 g/mol. The van der Waals surface area contributed by atoms with Gasteiger partial charge >= 0.3 is 0 Å². The van der Waals surface area contributed by atoms with E-state index in [0.29, 0.717) is 0 Å². The Balaban J connectivity index is 1.22. The van der Waals surface area contributed by atoms with Crippen molar-refractivity contribution in [1.29, 1.82) is 0 Å². The van der Waals surface area contributed by atoms with E-state index in [9.17, 15) is 0 Å². The van der Waals surface area contributed by atoms with Crippen LogP contribution in [0.1, 0.15) is 108 Å². The number of nitrogens with zero attached hydrogens (tertiary/aromatic N) is 2. The highest BCUT2D eigenvalue weighted by Gasteiger charge is 2.50. The number of para-hydroxylation sites is 1. The lowest BCUT2D eigenvalue weighted by Gasteiger charge is -2.48. The minimum atomic E-state index is 0.0330. The van der Waals surface area contributed by atoms with Crippen LogP contribution in [0, 0.1) is 13.8 Å². The zero-order chi connectivity index (χ0) is 43.5. The van der Waals surface area contributed by atoms with Crippen molar-refractivity contribution in [1.82, 2.24) is 0 Å². The minimum absolute atomic E-state index is 0.0330. The highest BCUT2D eigenvalue weighted by Crippen LogP contribution is 2.55. The Morgan fingerprint density at radius 3 is 1.67 bits per heavy atom. The van der Waals surface area contributed by atoms with E-state index in [1.54, 1.807) is 0 Å². The van der Waals surface area contributed by atoms with Crippen LogP contribution >= 0.6 is 0 Å². The second-order valence-corrected chi connectivity index (χ2v) is 22.1. The Kier molecular flexibility index (Phi) is 7.86. The van der Waals surface area contributed by atoms with Crippen LogP contribution in [0.25, 0.3) is 33.1 Å². The van der Waals surface area contributed by atoms with Crippen molar-refractivity contribution < 1.29 is 4.42 Å². The average Bonchev–Trinajstić information content (AvgIpc) is 3.72. The van der Waals surface area contributed by atoms with Crippen molar-refractivity contribution in [3.05, 3.63) is 161 Å². The maximum absolute atomic E-state index is 6.63. The summed E-state index contributed by atoms with van der Waals surface area (Å²) in [7, 11) is 0. The molecule has 0 amide bonds. The van der Waals surface area contributed by atoms with Crippen LogP contribution in [0.3, 0.4) is 0 Å². The summed E-state index contributed by atoms with van der Waals surface area (Å²) in [4.78, 5) is 5.28. The number of anilines is 6. The third-order valence-electron chi connectivity index (χ3n) is 15.8. The van der Waals surface area contributed by atoms with Gasteiger partial charge in [0.25, 0.3) is 6.71 Å². The number of furan rings is 1. The molecule has 0 spiro atoms. The van der Waals surface area contributed by atoms with E-state index in [4.69, 9.17) is 4.42 Å². The zero-order valence-corrected chi connectivity index (χ0v) is 38.6. The van der Waals surface area contributed by atoms with Crippen LogP contribution in [0.5, 0.6) is 0 Å². The predicted octanol–water partition coefficient (Wildman–Crippen LogP) is 14.3. The molecule has 4 heteroatoms. The van der Waals surface area contributed by atoms with Crippen molar-refractivity contribution in [3.63, 3.8) is 0 Å². The van der Waals surface area contributed by atoms with Crippen molar-refractivity contribution in [2.24, 2.45) is 0 Å². The van der Waals surface area contributed by atoms with Crippen LogP contribution in [-0.2, 0) is 21.7 Å². The van der Waals surface area contributed by atoms with Crippen LogP contribution in [0.4, 0.5) is 34.1 Å². The van der Waals surface area contributed by atoms with Crippen molar-refractivity contribution in [2.75, 3.05) is 9.80 Å². The molecule has 4 aliphatic rings. The molecule has 63 heavy (non-hydrogen) atoms. The first-order chi connectivity index (χ1) is 30.0. The first-order valence-electron chi connectivity index (χ1n) is 23.2. The number of fused-ring (bicyclic) bond motifs is 9. The van der Waals surface area contributed by atoms with Crippen molar-refractivity contribution in [2.45, 2.75) is 110 Å². The maximum atomic E-state index is 6.63. The van der Waals surface area contributed by atoms with Gasteiger partial charge in [-0.05, 0) is 170 Å². The first-order valence-corrected chi connectivity index (χ1v) is 23.2. The first kappa shape index (κ1) is 38.7. The molecule has 2 aliphatic carbocycles. The molecule has 8 aromatic rings. The second kappa shape index (κ2) is 12.8. The third-order valence-corrected chi connectivity index (χ3v) is 15.8. The summed E-state index contributed by atoms with van der Waals surface area (Å²) >= 11 is 0. The Hall–Kier alpha value is -6.00. The summed E-state index contributed by atoms with van der Waals surface area (Å²) in [5.74, 6) is 0. The highest BCUT2D eigenvalue weighted by molar-refractivity contribution is 7.00. The molecule has 2 aliphatic heterocycles. The highest BCUT2D eigenvalue weighted by atomic mass is 16.3. The van der Waals surface area contributed by atoms with Gasteiger partial charge in [0, 0.05) is 33.8 Å². The van der Waals surface area contributed by atoms with Crippen LogP contribution in [0.2, 0.25) is 0 Å². The number of aryl methyl sites for hydroxylation is 2. The van der Waals surface area contributed by atoms with Gasteiger partial charge in [-0.2, -0.15) is 0 Å². The van der Waals surface area contributed by atoms with E-state index in [-0.39, 0.29) is 28.4 Å². The van der Waals surface area contributed by atoms with E-state index in [1.807, 2.05) is 0 Å². The maximum Gasteiger partial charge on any atom is 0.252 e. The van der Waals surface area contributed by atoms with Crippen LogP contribution < -0.4 is 26.2 Å². The normalized spacial score (nSPS) is 18.2. The van der Waals surface area contributed by atoms with Crippen molar-refractivity contribution >= 4 is 79.2 Å². The summed E-state index contributed by atoms with van der Waals surface area (Å²) in [6, 6.07) is 48.6. The molecular weight excluding hydrogens is 763 g/mol. The fourth-order valence-electron chi connectivity index (χ4n) is 12.8. The standard InChI is InChI=1S/C59H57BN2O/c1-35-27-50-55-51(28-35)62(47-20-16-22-53-54(47)39-19-14-15-21-52(39)63-53)49-33-43-41(58(7,8)34-59(43,9)10)31-45(49)60(55)44-30-40-42(57(5,6)26-25-56(40,3)4)32-48(44)61(50)46-24-23-38(29-36(46)2)37-17-12-11-13-18-37/h11-24,27-33H,25-26,34H2,1-10H3. The lowest BCUT2D eigenvalue weighted by atomic mass is 9.32. The number of benzene rings is 7. The fourth-order valence-corrected chi connectivity index (χ4v) is 12.8. The molecule has 0 saturated carbocycles. The Morgan fingerprint density at radius 1 is 0.460 bits per heavy atom.